The van der Waals surface area contributed by atoms with Crippen LogP contribution in [-0.4, -0.2) is 31.8 Å². The number of carbonyl (C=O) groups excluding carboxylic acids is 1. The summed E-state index contributed by atoms with van der Waals surface area (Å²) >= 11 is 0. The van der Waals surface area contributed by atoms with Crippen LogP contribution in [0, 0.1) is 0 Å². The van der Waals surface area contributed by atoms with Crippen molar-refractivity contribution in [1.82, 2.24) is 0 Å². The second kappa shape index (κ2) is 3.81. The van der Waals surface area contributed by atoms with Crippen molar-refractivity contribution in [3.8, 4) is 0 Å². The predicted molar refractivity (Wildman–Crippen MR) is 51.1 cm³/mol. The molecule has 4 N–H and O–H groups in total. The average molecular weight is 198 g/mol. The molecule has 0 spiro atoms. The molecule has 5 nitrogen and oxygen atoms in total. The highest BCUT2D eigenvalue weighted by molar-refractivity contribution is 5.85. The molecule has 0 amide bonds. The van der Waals surface area contributed by atoms with Gasteiger partial charge in [-0.15, -0.1) is 0 Å². The highest BCUT2D eigenvalue weighted by atomic mass is 16.5. The van der Waals surface area contributed by atoms with Gasteiger partial charge in [0.15, 0.2) is 5.54 Å². The molecule has 78 valence electrons. The molecule has 2 unspecified atom stereocenters. The molecular formula is C9H14N2O3. The molecular weight excluding hydrogens is 184 g/mol. The van der Waals surface area contributed by atoms with Crippen molar-refractivity contribution in [3.63, 3.8) is 0 Å². The van der Waals surface area contributed by atoms with Crippen LogP contribution in [0.25, 0.3) is 0 Å². The van der Waals surface area contributed by atoms with Gasteiger partial charge in [-0.2, -0.15) is 0 Å². The molecule has 2 atom stereocenters. The summed E-state index contributed by atoms with van der Waals surface area (Å²) in [5.74, 6) is -0.573. The highest BCUT2D eigenvalue weighted by Gasteiger charge is 2.44. The van der Waals surface area contributed by atoms with Gasteiger partial charge in [0.1, 0.15) is 6.10 Å². The van der Waals surface area contributed by atoms with E-state index < -0.39 is 17.6 Å². The van der Waals surface area contributed by atoms with Gasteiger partial charge in [-0.25, -0.2) is 4.79 Å². The third-order valence-electron chi connectivity index (χ3n) is 2.17. The summed E-state index contributed by atoms with van der Waals surface area (Å²) in [4.78, 5) is 11.4. The smallest absolute Gasteiger partial charge is 0.333 e. The van der Waals surface area contributed by atoms with E-state index in [1.807, 2.05) is 0 Å². The topological polar surface area (TPSA) is 87.6 Å². The van der Waals surface area contributed by atoms with Gasteiger partial charge in [0.25, 0.3) is 0 Å². The van der Waals surface area contributed by atoms with E-state index in [0.717, 1.165) is 0 Å². The van der Waals surface area contributed by atoms with Gasteiger partial charge >= 0.3 is 5.97 Å². The second-order valence-corrected chi connectivity index (χ2v) is 3.07. The third kappa shape index (κ3) is 1.51. The SMILES string of the molecule is COC(=O)C1(N)C=CC=C(N)C1OC. The predicted octanol–water partition coefficient (Wildman–Crippen LogP) is -0.716. The number of allylic oxidation sites excluding steroid dienone is 2. The Labute approximate surface area is 82.3 Å². The molecule has 1 rings (SSSR count). The molecule has 1 aliphatic carbocycles. The van der Waals surface area contributed by atoms with Crippen LogP contribution < -0.4 is 11.5 Å². The largest absolute Gasteiger partial charge is 0.467 e. The highest BCUT2D eigenvalue weighted by Crippen LogP contribution is 2.22. The van der Waals surface area contributed by atoms with Crippen LogP contribution in [0.1, 0.15) is 0 Å². The first-order chi connectivity index (χ1) is 6.56. The van der Waals surface area contributed by atoms with Crippen LogP contribution in [0.3, 0.4) is 0 Å². The van der Waals surface area contributed by atoms with Crippen molar-refractivity contribution in [1.29, 1.82) is 0 Å². The van der Waals surface area contributed by atoms with Crippen LogP contribution in [0.5, 0.6) is 0 Å². The number of methoxy groups -OCH3 is 2. The summed E-state index contributed by atoms with van der Waals surface area (Å²) in [7, 11) is 2.71. The van der Waals surface area contributed by atoms with Crippen LogP contribution in [0.2, 0.25) is 0 Å². The van der Waals surface area contributed by atoms with Crippen molar-refractivity contribution in [2.75, 3.05) is 14.2 Å². The number of carbonyl (C=O) groups is 1. The van der Waals surface area contributed by atoms with Gasteiger partial charge in [0, 0.05) is 12.8 Å². The van der Waals surface area contributed by atoms with E-state index in [1.54, 1.807) is 12.2 Å². The van der Waals surface area contributed by atoms with Gasteiger partial charge in [-0.3, -0.25) is 0 Å². The van der Waals surface area contributed by atoms with E-state index in [0.29, 0.717) is 5.70 Å². The van der Waals surface area contributed by atoms with Gasteiger partial charge in [-0.1, -0.05) is 12.2 Å². The quantitative estimate of drug-likeness (QED) is 0.572. The van der Waals surface area contributed by atoms with Crippen LogP contribution in [0.4, 0.5) is 0 Å². The van der Waals surface area contributed by atoms with Crippen LogP contribution in [0.15, 0.2) is 23.9 Å². The molecule has 14 heavy (non-hydrogen) atoms. The molecule has 0 aromatic heterocycles. The van der Waals surface area contributed by atoms with Crippen molar-refractivity contribution < 1.29 is 14.3 Å². The van der Waals surface area contributed by atoms with Gasteiger partial charge in [0.05, 0.1) is 7.11 Å². The third-order valence-corrected chi connectivity index (χ3v) is 2.17. The van der Waals surface area contributed by atoms with Crippen molar-refractivity contribution >= 4 is 5.97 Å². The van der Waals surface area contributed by atoms with E-state index >= 15 is 0 Å². The molecule has 0 bridgehead atoms. The van der Waals surface area contributed by atoms with Crippen LogP contribution in [-0.2, 0) is 14.3 Å². The average Bonchev–Trinajstić information content (AvgIpc) is 2.17. The minimum absolute atomic E-state index is 0.405. The first-order valence-corrected chi connectivity index (χ1v) is 4.11. The molecule has 0 aromatic carbocycles. The molecule has 5 heteroatoms. The summed E-state index contributed by atoms with van der Waals surface area (Å²) < 4.78 is 9.67. The molecule has 0 fully saturated rings. The van der Waals surface area contributed by atoms with Crippen molar-refractivity contribution in [2.45, 2.75) is 11.6 Å². The fourth-order valence-electron chi connectivity index (χ4n) is 1.45. The molecule has 0 heterocycles. The molecule has 0 aromatic rings. The monoisotopic (exact) mass is 198 g/mol. The lowest BCUT2D eigenvalue weighted by Crippen LogP contribution is -2.59. The summed E-state index contributed by atoms with van der Waals surface area (Å²) in [6.07, 6.45) is 4.09. The number of esters is 1. The number of nitrogens with two attached hydrogens (primary N) is 2. The number of rotatable bonds is 2. The second-order valence-electron chi connectivity index (χ2n) is 3.07. The first kappa shape index (κ1) is 10.7. The Balaban J connectivity index is 3.04. The maximum absolute atomic E-state index is 11.4. The van der Waals surface area contributed by atoms with E-state index in [-0.39, 0.29) is 0 Å². The minimum Gasteiger partial charge on any atom is -0.467 e. The van der Waals surface area contributed by atoms with Crippen LogP contribution >= 0.6 is 0 Å². The Morgan fingerprint density at radius 2 is 2.21 bits per heavy atom. The normalized spacial score (nSPS) is 31.1. The molecule has 0 saturated heterocycles. The van der Waals surface area contributed by atoms with E-state index in [1.165, 1.54) is 20.3 Å². The molecule has 0 aliphatic heterocycles. The lowest BCUT2D eigenvalue weighted by molar-refractivity contribution is -0.149. The number of hydrogen-bond donors (Lipinski definition) is 2. The lowest BCUT2D eigenvalue weighted by Gasteiger charge is -2.33. The zero-order chi connectivity index (χ0) is 10.8. The number of hydrogen-bond acceptors (Lipinski definition) is 5. The molecule has 0 saturated carbocycles. The standard InChI is InChI=1S/C9H14N2O3/c1-13-7-6(10)4-3-5-9(7,11)8(12)14-2/h3-5,7H,10-11H2,1-2H3. The summed E-state index contributed by atoms with van der Waals surface area (Å²) in [5, 5.41) is 0. The molecule has 0 radical (unpaired) electrons. The van der Waals surface area contributed by atoms with Gasteiger partial charge in [-0.05, 0) is 6.08 Å². The number of ether oxygens (including phenoxy) is 2. The summed E-state index contributed by atoms with van der Waals surface area (Å²) in [6.45, 7) is 0. The summed E-state index contributed by atoms with van der Waals surface area (Å²) in [5.41, 5.74) is 10.6. The minimum atomic E-state index is -1.33. The Morgan fingerprint density at radius 3 is 2.71 bits per heavy atom. The van der Waals surface area contributed by atoms with Crippen molar-refractivity contribution in [3.05, 3.63) is 23.9 Å². The Morgan fingerprint density at radius 1 is 1.57 bits per heavy atom. The van der Waals surface area contributed by atoms with E-state index in [2.05, 4.69) is 4.74 Å². The zero-order valence-electron chi connectivity index (χ0n) is 8.19. The van der Waals surface area contributed by atoms with Gasteiger partial charge < -0.3 is 20.9 Å². The fraction of sp³-hybridized carbons (Fsp3) is 0.444. The fourth-order valence-corrected chi connectivity index (χ4v) is 1.45. The Kier molecular flexibility index (Phi) is 2.93. The zero-order valence-corrected chi connectivity index (χ0v) is 8.19. The Bertz CT molecular complexity index is 298. The lowest BCUT2D eigenvalue weighted by atomic mass is 9.87. The van der Waals surface area contributed by atoms with Gasteiger partial charge in [0.2, 0.25) is 0 Å². The molecule has 1 aliphatic rings. The maximum Gasteiger partial charge on any atom is 0.333 e. The van der Waals surface area contributed by atoms with Crippen molar-refractivity contribution in [2.24, 2.45) is 11.5 Å². The summed E-state index contributed by atoms with van der Waals surface area (Å²) in [6, 6.07) is 0. The van der Waals surface area contributed by atoms with E-state index in [4.69, 9.17) is 16.2 Å². The maximum atomic E-state index is 11.4. The van der Waals surface area contributed by atoms with E-state index in [9.17, 15) is 4.79 Å². The first-order valence-electron chi connectivity index (χ1n) is 4.11. The Hall–Kier alpha value is -1.33.